The molecule has 1 unspecified atom stereocenters. The third-order valence-electron chi connectivity index (χ3n) is 3.61. The molecule has 120 valence electrons. The first-order valence-corrected chi connectivity index (χ1v) is 8.20. The van der Waals surface area contributed by atoms with E-state index < -0.39 is 0 Å². The van der Waals surface area contributed by atoms with E-state index in [1.54, 1.807) is 7.11 Å². The number of methoxy groups -OCH3 is 1. The third-order valence-corrected chi connectivity index (χ3v) is 3.61. The average molecular weight is 293 g/mol. The summed E-state index contributed by atoms with van der Waals surface area (Å²) in [6, 6.07) is 10.8. The van der Waals surface area contributed by atoms with Gasteiger partial charge in [-0.2, -0.15) is 0 Å². The van der Waals surface area contributed by atoms with E-state index in [0.717, 1.165) is 26.1 Å². The van der Waals surface area contributed by atoms with Crippen molar-refractivity contribution in [1.82, 2.24) is 5.32 Å². The summed E-state index contributed by atoms with van der Waals surface area (Å²) in [6.45, 7) is 6.62. The van der Waals surface area contributed by atoms with Crippen LogP contribution >= 0.6 is 0 Å². The number of ether oxygens (including phenoxy) is 2. The minimum atomic E-state index is 0.608. The summed E-state index contributed by atoms with van der Waals surface area (Å²) < 4.78 is 10.5. The van der Waals surface area contributed by atoms with Crippen LogP contribution in [0.25, 0.3) is 0 Å². The van der Waals surface area contributed by atoms with E-state index in [1.807, 2.05) is 0 Å². The number of unbranched alkanes of at least 4 members (excludes halogenated alkanes) is 1. The van der Waals surface area contributed by atoms with Crippen LogP contribution in [0.3, 0.4) is 0 Å². The molecule has 0 amide bonds. The first-order chi connectivity index (χ1) is 10.4. The topological polar surface area (TPSA) is 30.5 Å². The Morgan fingerprint density at radius 2 is 1.86 bits per heavy atom. The van der Waals surface area contributed by atoms with Crippen molar-refractivity contribution >= 4 is 0 Å². The quantitative estimate of drug-likeness (QED) is 0.564. The van der Waals surface area contributed by atoms with Crippen molar-refractivity contribution in [2.75, 3.05) is 40.0 Å². The second kappa shape index (κ2) is 12.8. The maximum atomic E-state index is 5.52. The first-order valence-electron chi connectivity index (χ1n) is 8.20. The number of benzene rings is 1. The minimum Gasteiger partial charge on any atom is -0.382 e. The van der Waals surface area contributed by atoms with Gasteiger partial charge in [0.25, 0.3) is 0 Å². The molecular weight excluding hydrogens is 262 g/mol. The summed E-state index contributed by atoms with van der Waals surface area (Å²) in [5.74, 6) is 0.608. The minimum absolute atomic E-state index is 0.608. The van der Waals surface area contributed by atoms with E-state index >= 15 is 0 Å². The van der Waals surface area contributed by atoms with Crippen molar-refractivity contribution in [3.8, 4) is 0 Å². The Morgan fingerprint density at radius 3 is 2.57 bits per heavy atom. The molecule has 0 radical (unpaired) electrons. The second-order valence-electron chi connectivity index (χ2n) is 5.41. The van der Waals surface area contributed by atoms with E-state index in [-0.39, 0.29) is 0 Å². The molecule has 1 atom stereocenters. The van der Waals surface area contributed by atoms with Gasteiger partial charge in [0.05, 0.1) is 13.2 Å². The largest absolute Gasteiger partial charge is 0.382 e. The van der Waals surface area contributed by atoms with Gasteiger partial charge < -0.3 is 14.8 Å². The molecule has 1 aromatic carbocycles. The van der Waals surface area contributed by atoms with Crippen LogP contribution in [0.5, 0.6) is 0 Å². The molecule has 1 aromatic rings. The van der Waals surface area contributed by atoms with E-state index in [1.165, 1.54) is 24.8 Å². The normalized spacial score (nSPS) is 12.5. The van der Waals surface area contributed by atoms with E-state index in [9.17, 15) is 0 Å². The van der Waals surface area contributed by atoms with Crippen molar-refractivity contribution in [1.29, 1.82) is 0 Å². The summed E-state index contributed by atoms with van der Waals surface area (Å²) in [7, 11) is 1.71. The van der Waals surface area contributed by atoms with Gasteiger partial charge in [0.2, 0.25) is 0 Å². The Balaban J connectivity index is 2.26. The molecule has 0 aliphatic rings. The fourth-order valence-electron chi connectivity index (χ4n) is 2.40. The molecule has 0 heterocycles. The summed E-state index contributed by atoms with van der Waals surface area (Å²) in [4.78, 5) is 0. The fraction of sp³-hybridized carbons (Fsp3) is 0.667. The molecule has 0 aromatic heterocycles. The van der Waals surface area contributed by atoms with E-state index in [2.05, 4.69) is 42.6 Å². The van der Waals surface area contributed by atoms with Gasteiger partial charge in [0.15, 0.2) is 0 Å². The standard InChI is InChI=1S/C18H31NO2/c1-3-12-19-16-18(17-9-5-4-6-10-17)11-7-8-13-21-15-14-20-2/h4-6,9-10,18-19H,3,7-8,11-16H2,1-2H3. The van der Waals surface area contributed by atoms with Crippen LogP contribution in [0.4, 0.5) is 0 Å². The van der Waals surface area contributed by atoms with Crippen LogP contribution in [-0.2, 0) is 9.47 Å². The summed E-state index contributed by atoms with van der Waals surface area (Å²) >= 11 is 0. The number of rotatable bonds is 13. The second-order valence-corrected chi connectivity index (χ2v) is 5.41. The summed E-state index contributed by atoms with van der Waals surface area (Å²) in [6.07, 6.45) is 4.74. The fourth-order valence-corrected chi connectivity index (χ4v) is 2.40. The molecule has 1 rings (SSSR count). The van der Waals surface area contributed by atoms with Gasteiger partial charge in [-0.05, 0) is 37.3 Å². The zero-order chi connectivity index (χ0) is 15.2. The van der Waals surface area contributed by atoms with Crippen molar-refractivity contribution in [3.05, 3.63) is 35.9 Å². The molecule has 0 fully saturated rings. The molecular formula is C18H31NO2. The highest BCUT2D eigenvalue weighted by Gasteiger charge is 2.10. The van der Waals surface area contributed by atoms with Gasteiger partial charge in [0, 0.05) is 20.3 Å². The molecule has 21 heavy (non-hydrogen) atoms. The number of nitrogens with one attached hydrogen (secondary N) is 1. The van der Waals surface area contributed by atoms with Crippen molar-refractivity contribution in [2.24, 2.45) is 0 Å². The Kier molecular flexibility index (Phi) is 11.1. The monoisotopic (exact) mass is 293 g/mol. The van der Waals surface area contributed by atoms with Crippen molar-refractivity contribution < 1.29 is 9.47 Å². The highest BCUT2D eigenvalue weighted by molar-refractivity contribution is 5.19. The molecule has 3 nitrogen and oxygen atoms in total. The molecule has 0 aliphatic carbocycles. The predicted molar refractivity (Wildman–Crippen MR) is 88.9 cm³/mol. The maximum absolute atomic E-state index is 5.52. The third kappa shape index (κ3) is 8.86. The van der Waals surface area contributed by atoms with Gasteiger partial charge in [-0.3, -0.25) is 0 Å². The van der Waals surface area contributed by atoms with Crippen LogP contribution in [0, 0.1) is 0 Å². The van der Waals surface area contributed by atoms with Crippen LogP contribution < -0.4 is 5.32 Å². The number of hydrogen-bond acceptors (Lipinski definition) is 3. The maximum Gasteiger partial charge on any atom is 0.0700 e. The van der Waals surface area contributed by atoms with Crippen LogP contribution in [-0.4, -0.2) is 40.0 Å². The van der Waals surface area contributed by atoms with Crippen LogP contribution in [0.15, 0.2) is 30.3 Å². The van der Waals surface area contributed by atoms with Gasteiger partial charge >= 0.3 is 0 Å². The average Bonchev–Trinajstić information content (AvgIpc) is 2.53. The van der Waals surface area contributed by atoms with Gasteiger partial charge in [0.1, 0.15) is 0 Å². The van der Waals surface area contributed by atoms with Crippen molar-refractivity contribution in [2.45, 2.75) is 38.5 Å². The zero-order valence-corrected chi connectivity index (χ0v) is 13.6. The van der Waals surface area contributed by atoms with Gasteiger partial charge in [-0.15, -0.1) is 0 Å². The lowest BCUT2D eigenvalue weighted by molar-refractivity contribution is 0.0684. The predicted octanol–water partition coefficient (Wildman–Crippen LogP) is 3.60. The summed E-state index contributed by atoms with van der Waals surface area (Å²) in [5.41, 5.74) is 1.45. The van der Waals surface area contributed by atoms with E-state index in [0.29, 0.717) is 19.1 Å². The Morgan fingerprint density at radius 1 is 1.05 bits per heavy atom. The molecule has 0 aliphatic heterocycles. The Bertz CT molecular complexity index is 329. The lowest BCUT2D eigenvalue weighted by Gasteiger charge is -2.18. The van der Waals surface area contributed by atoms with Crippen LogP contribution in [0.2, 0.25) is 0 Å². The Hall–Kier alpha value is -0.900. The summed E-state index contributed by atoms with van der Waals surface area (Å²) in [5, 5.41) is 3.55. The molecule has 0 spiro atoms. The molecule has 1 N–H and O–H groups in total. The van der Waals surface area contributed by atoms with Gasteiger partial charge in [-0.1, -0.05) is 43.7 Å². The van der Waals surface area contributed by atoms with E-state index in [4.69, 9.17) is 9.47 Å². The zero-order valence-electron chi connectivity index (χ0n) is 13.6. The smallest absolute Gasteiger partial charge is 0.0700 e. The SMILES string of the molecule is CCCNCC(CCCCOCCOC)c1ccccc1. The number of hydrogen-bond donors (Lipinski definition) is 1. The van der Waals surface area contributed by atoms with Gasteiger partial charge in [-0.25, -0.2) is 0 Å². The molecule has 0 saturated heterocycles. The van der Waals surface area contributed by atoms with Crippen LogP contribution in [0.1, 0.15) is 44.1 Å². The molecule has 0 saturated carbocycles. The lowest BCUT2D eigenvalue weighted by Crippen LogP contribution is -2.22. The Labute approximate surface area is 130 Å². The highest BCUT2D eigenvalue weighted by Crippen LogP contribution is 2.21. The first kappa shape index (κ1) is 18.1. The lowest BCUT2D eigenvalue weighted by atomic mass is 9.93. The molecule has 3 heteroatoms. The highest BCUT2D eigenvalue weighted by atomic mass is 16.5. The van der Waals surface area contributed by atoms with Crippen molar-refractivity contribution in [3.63, 3.8) is 0 Å². The molecule has 0 bridgehead atoms.